The van der Waals surface area contributed by atoms with Crippen LogP contribution in [0.4, 0.5) is 5.69 Å². The van der Waals surface area contributed by atoms with Gasteiger partial charge in [0.05, 0.1) is 0 Å². The number of guanidine groups is 1. The largest absolute Gasteiger partial charge is 0.381 e. The molecule has 174 valence electrons. The Kier molecular flexibility index (Phi) is 10.5. The minimum Gasteiger partial charge on any atom is -0.381 e. The van der Waals surface area contributed by atoms with E-state index in [4.69, 9.17) is 14.5 Å². The van der Waals surface area contributed by atoms with E-state index in [0.717, 1.165) is 71.3 Å². The van der Waals surface area contributed by atoms with Crippen LogP contribution in [0.5, 0.6) is 0 Å². The van der Waals surface area contributed by atoms with Crippen LogP contribution in [0.2, 0.25) is 0 Å². The van der Waals surface area contributed by atoms with Crippen LogP contribution in [0.1, 0.15) is 51.0 Å². The highest BCUT2D eigenvalue weighted by Crippen LogP contribution is 2.20. The van der Waals surface area contributed by atoms with Crippen LogP contribution >= 0.6 is 0 Å². The van der Waals surface area contributed by atoms with Crippen molar-refractivity contribution in [2.24, 2.45) is 10.9 Å². The zero-order valence-electron chi connectivity index (χ0n) is 19.7. The fourth-order valence-corrected chi connectivity index (χ4v) is 4.30. The van der Waals surface area contributed by atoms with Gasteiger partial charge in [0.2, 0.25) is 0 Å². The maximum absolute atomic E-state index is 5.87. The van der Waals surface area contributed by atoms with Crippen LogP contribution in [0.25, 0.3) is 0 Å². The number of anilines is 1. The van der Waals surface area contributed by atoms with E-state index in [0.29, 0.717) is 5.92 Å². The van der Waals surface area contributed by atoms with Crippen molar-refractivity contribution in [2.75, 3.05) is 64.6 Å². The molecule has 6 heteroatoms. The first kappa shape index (κ1) is 23.9. The molecule has 2 saturated heterocycles. The Balaban J connectivity index is 1.40. The summed E-state index contributed by atoms with van der Waals surface area (Å²) in [4.78, 5) is 9.53. The summed E-state index contributed by atoms with van der Waals surface area (Å²) in [6.45, 7) is 10.4. The first-order valence-electron chi connectivity index (χ1n) is 12.2. The van der Waals surface area contributed by atoms with Crippen molar-refractivity contribution in [1.29, 1.82) is 0 Å². The summed E-state index contributed by atoms with van der Waals surface area (Å²) in [6.07, 6.45) is 7.21. The van der Waals surface area contributed by atoms with Crippen molar-refractivity contribution in [3.63, 3.8) is 0 Å². The van der Waals surface area contributed by atoms with Gasteiger partial charge in [0.15, 0.2) is 5.96 Å². The van der Waals surface area contributed by atoms with Gasteiger partial charge in [-0.15, -0.1) is 0 Å². The minimum absolute atomic E-state index is 0.669. The molecule has 0 spiro atoms. The van der Waals surface area contributed by atoms with Crippen LogP contribution in [0.15, 0.2) is 29.3 Å². The van der Waals surface area contributed by atoms with Crippen molar-refractivity contribution in [2.45, 2.75) is 52.0 Å². The zero-order chi connectivity index (χ0) is 21.7. The molecule has 31 heavy (non-hydrogen) atoms. The van der Waals surface area contributed by atoms with Gasteiger partial charge in [-0.2, -0.15) is 0 Å². The van der Waals surface area contributed by atoms with Gasteiger partial charge in [0.1, 0.15) is 0 Å². The lowest BCUT2D eigenvalue weighted by molar-refractivity contribution is 0.0205. The smallest absolute Gasteiger partial charge is 0.193 e. The normalized spacial score (nSPS) is 18.3. The van der Waals surface area contributed by atoms with Crippen molar-refractivity contribution >= 4 is 11.6 Å². The van der Waals surface area contributed by atoms with E-state index in [1.807, 2.05) is 0 Å². The van der Waals surface area contributed by atoms with Gasteiger partial charge in [-0.05, 0) is 69.1 Å². The molecule has 2 aliphatic rings. The maximum Gasteiger partial charge on any atom is 0.193 e. The van der Waals surface area contributed by atoms with Crippen molar-refractivity contribution in [1.82, 2.24) is 10.2 Å². The molecule has 1 N–H and O–H groups in total. The third-order valence-corrected chi connectivity index (χ3v) is 6.18. The van der Waals surface area contributed by atoms with Crippen LogP contribution in [-0.2, 0) is 16.0 Å². The molecule has 0 saturated carbocycles. The van der Waals surface area contributed by atoms with E-state index in [2.05, 4.69) is 53.4 Å². The Morgan fingerprint density at radius 2 is 1.90 bits per heavy atom. The molecule has 1 aromatic carbocycles. The lowest BCUT2D eigenvalue weighted by Gasteiger charge is -2.29. The number of hydrogen-bond acceptors (Lipinski definition) is 4. The third-order valence-electron chi connectivity index (χ3n) is 6.18. The second kappa shape index (κ2) is 13.6. The van der Waals surface area contributed by atoms with Gasteiger partial charge in [0.25, 0.3) is 0 Å². The average Bonchev–Trinajstić information content (AvgIpc) is 2.82. The Morgan fingerprint density at radius 3 is 2.61 bits per heavy atom. The molecule has 2 heterocycles. The van der Waals surface area contributed by atoms with Gasteiger partial charge in [-0.3, -0.25) is 4.99 Å². The highest BCUT2D eigenvalue weighted by atomic mass is 16.5. The molecule has 6 nitrogen and oxygen atoms in total. The molecule has 0 radical (unpaired) electrons. The lowest BCUT2D eigenvalue weighted by Crippen LogP contribution is -2.38. The molecule has 2 aliphatic heterocycles. The number of nitrogens with zero attached hydrogens (tertiary/aromatic N) is 3. The van der Waals surface area contributed by atoms with Crippen LogP contribution in [0, 0.1) is 5.92 Å². The number of ether oxygens (including phenoxy) is 2. The maximum atomic E-state index is 5.87. The zero-order valence-corrected chi connectivity index (χ0v) is 19.7. The summed E-state index contributed by atoms with van der Waals surface area (Å²) >= 11 is 0. The summed E-state index contributed by atoms with van der Waals surface area (Å²) in [5.74, 6) is 1.63. The van der Waals surface area contributed by atoms with Crippen LogP contribution < -0.4 is 10.2 Å². The van der Waals surface area contributed by atoms with E-state index in [-0.39, 0.29) is 0 Å². The Labute approximate surface area is 189 Å². The molecule has 0 aromatic heterocycles. The predicted molar refractivity (Wildman–Crippen MR) is 129 cm³/mol. The molecule has 0 unspecified atom stereocenters. The first-order chi connectivity index (χ1) is 15.3. The van der Waals surface area contributed by atoms with E-state index in [1.165, 1.54) is 43.6 Å². The first-order valence-corrected chi connectivity index (χ1v) is 12.2. The van der Waals surface area contributed by atoms with Crippen LogP contribution in [-0.4, -0.2) is 70.5 Å². The highest BCUT2D eigenvalue weighted by Gasteiger charge is 2.14. The van der Waals surface area contributed by atoms with Gasteiger partial charge in [0, 0.05) is 71.9 Å². The topological polar surface area (TPSA) is 49.3 Å². The molecule has 0 bridgehead atoms. The van der Waals surface area contributed by atoms with Crippen molar-refractivity contribution in [3.8, 4) is 0 Å². The number of piperidine rings is 1. The summed E-state index contributed by atoms with van der Waals surface area (Å²) < 4.78 is 11.3. The molecule has 2 fully saturated rings. The minimum atomic E-state index is 0.669. The molecule has 0 amide bonds. The van der Waals surface area contributed by atoms with E-state index in [9.17, 15) is 0 Å². The van der Waals surface area contributed by atoms with E-state index < -0.39 is 0 Å². The number of rotatable bonds is 10. The van der Waals surface area contributed by atoms with Crippen LogP contribution in [0.3, 0.4) is 0 Å². The van der Waals surface area contributed by atoms with Gasteiger partial charge in [-0.25, -0.2) is 0 Å². The quantitative estimate of drug-likeness (QED) is 0.346. The van der Waals surface area contributed by atoms with E-state index >= 15 is 0 Å². The Hall–Kier alpha value is -1.79. The molecular formula is C25H42N4O2. The lowest BCUT2D eigenvalue weighted by atomic mass is 10.0. The fraction of sp³-hybridized carbons (Fsp3) is 0.720. The Morgan fingerprint density at radius 1 is 1.16 bits per heavy atom. The van der Waals surface area contributed by atoms with E-state index in [1.54, 1.807) is 0 Å². The SMILES string of the molecule is CCNC(=NCCCOCC1CCOCC1)N(C)Cc1ccc(N2CCCCC2)cc1. The summed E-state index contributed by atoms with van der Waals surface area (Å²) in [5, 5.41) is 3.42. The molecule has 3 rings (SSSR count). The van der Waals surface area contributed by atoms with Crippen molar-refractivity contribution < 1.29 is 9.47 Å². The average molecular weight is 431 g/mol. The highest BCUT2D eigenvalue weighted by molar-refractivity contribution is 5.79. The van der Waals surface area contributed by atoms with Gasteiger partial charge in [-0.1, -0.05) is 12.1 Å². The number of benzene rings is 1. The second-order valence-electron chi connectivity index (χ2n) is 8.79. The van der Waals surface area contributed by atoms with Crippen molar-refractivity contribution in [3.05, 3.63) is 29.8 Å². The molecular weight excluding hydrogens is 388 g/mol. The predicted octanol–water partition coefficient (Wildman–Crippen LogP) is 3.91. The summed E-state index contributed by atoms with van der Waals surface area (Å²) in [6, 6.07) is 9.06. The fourth-order valence-electron chi connectivity index (χ4n) is 4.30. The monoisotopic (exact) mass is 430 g/mol. The molecule has 0 aliphatic carbocycles. The summed E-state index contributed by atoms with van der Waals surface area (Å²) in [7, 11) is 2.11. The molecule has 1 aromatic rings. The standard InChI is InChI=1S/C25H42N4O2/c1-3-26-25(27-14-7-17-31-21-23-12-18-30-19-13-23)28(2)20-22-8-10-24(11-9-22)29-15-5-4-6-16-29/h8-11,23H,3-7,12-21H2,1-2H3,(H,26,27). The molecule has 0 atom stereocenters. The number of aliphatic imine (C=N–C) groups is 1. The van der Waals surface area contributed by atoms with Gasteiger partial charge < -0.3 is 24.6 Å². The Bertz CT molecular complexity index is 637. The summed E-state index contributed by atoms with van der Waals surface area (Å²) in [5.41, 5.74) is 2.67. The third kappa shape index (κ3) is 8.34. The van der Waals surface area contributed by atoms with Gasteiger partial charge >= 0.3 is 0 Å². The number of hydrogen-bond donors (Lipinski definition) is 1. The number of nitrogens with one attached hydrogen (secondary N) is 1. The second-order valence-corrected chi connectivity index (χ2v) is 8.79.